The van der Waals surface area contributed by atoms with E-state index >= 15 is 0 Å². The fraction of sp³-hybridized carbons (Fsp3) is 0.375. The van der Waals surface area contributed by atoms with Gasteiger partial charge in [0.15, 0.2) is 11.5 Å². The van der Waals surface area contributed by atoms with Crippen molar-refractivity contribution in [1.29, 1.82) is 0 Å². The number of benzene rings is 3. The van der Waals surface area contributed by atoms with Crippen molar-refractivity contribution >= 4 is 27.5 Å². The van der Waals surface area contributed by atoms with Crippen LogP contribution in [0.15, 0.2) is 77.7 Å². The molecule has 42 heavy (non-hydrogen) atoms. The van der Waals surface area contributed by atoms with Crippen LogP contribution < -0.4 is 19.1 Å². The number of sulfonamides is 1. The van der Waals surface area contributed by atoms with Gasteiger partial charge in [0.2, 0.25) is 11.8 Å². The van der Waals surface area contributed by atoms with Gasteiger partial charge in [0.25, 0.3) is 10.0 Å². The average molecular weight is 596 g/mol. The number of methoxy groups -OCH3 is 2. The minimum absolute atomic E-state index is 0.0659. The van der Waals surface area contributed by atoms with Crippen LogP contribution in [0.25, 0.3) is 0 Å². The third-order valence-corrected chi connectivity index (χ3v) is 9.02. The first-order valence-electron chi connectivity index (χ1n) is 14.0. The van der Waals surface area contributed by atoms with E-state index in [0.717, 1.165) is 21.9 Å². The monoisotopic (exact) mass is 595 g/mol. The first kappa shape index (κ1) is 32.5. The number of nitrogens with one attached hydrogen (secondary N) is 1. The second-order valence-corrected chi connectivity index (χ2v) is 11.9. The molecule has 0 aliphatic carbocycles. The maximum atomic E-state index is 14.2. The van der Waals surface area contributed by atoms with E-state index in [1.165, 1.54) is 37.3 Å². The highest BCUT2D eigenvalue weighted by atomic mass is 32.2. The first-order valence-corrected chi connectivity index (χ1v) is 15.4. The molecule has 226 valence electrons. The van der Waals surface area contributed by atoms with Crippen LogP contribution in [0.5, 0.6) is 11.5 Å². The Kier molecular flexibility index (Phi) is 11.4. The molecule has 9 nitrogen and oxygen atoms in total. The molecule has 10 heteroatoms. The molecule has 0 spiro atoms. The summed E-state index contributed by atoms with van der Waals surface area (Å²) in [5.74, 6) is -0.159. The summed E-state index contributed by atoms with van der Waals surface area (Å²) in [5, 5.41) is 2.99. The number of nitrogens with zero attached hydrogens (tertiary/aromatic N) is 2. The summed E-state index contributed by atoms with van der Waals surface area (Å²) in [6, 6.07) is 19.5. The standard InChI is InChI=1S/C32H41N3O6S/c1-7-24(4)33-32(37)28(8-2)34(21-25-15-13-12-14-23(25)3)31(36)22-35(26-16-10-9-11-17-26)42(38,39)27-18-19-29(40-5)30(20-27)41-6/h9-20,24,28H,7-8,21-22H2,1-6H3,(H,33,37). The van der Waals surface area contributed by atoms with Gasteiger partial charge in [-0.15, -0.1) is 0 Å². The summed E-state index contributed by atoms with van der Waals surface area (Å²) in [7, 11) is -1.36. The van der Waals surface area contributed by atoms with Crippen LogP contribution >= 0.6 is 0 Å². The smallest absolute Gasteiger partial charge is 0.264 e. The van der Waals surface area contributed by atoms with Crippen LogP contribution in [0.1, 0.15) is 44.7 Å². The average Bonchev–Trinajstić information content (AvgIpc) is 3.00. The second-order valence-electron chi connectivity index (χ2n) is 10.1. The zero-order valence-corrected chi connectivity index (χ0v) is 26.0. The Morgan fingerprint density at radius 3 is 2.12 bits per heavy atom. The Labute approximate surface area is 249 Å². The molecular formula is C32H41N3O6S. The van der Waals surface area contributed by atoms with Gasteiger partial charge in [-0.2, -0.15) is 0 Å². The number of carbonyl (C=O) groups is 2. The van der Waals surface area contributed by atoms with Gasteiger partial charge in [0.1, 0.15) is 12.6 Å². The zero-order chi connectivity index (χ0) is 30.9. The van der Waals surface area contributed by atoms with E-state index in [0.29, 0.717) is 17.9 Å². The summed E-state index contributed by atoms with van der Waals surface area (Å²) in [6.07, 6.45) is 1.09. The van der Waals surface area contributed by atoms with Crippen LogP contribution in [-0.2, 0) is 26.2 Å². The Morgan fingerprint density at radius 1 is 0.881 bits per heavy atom. The molecule has 2 unspecified atom stereocenters. The number of ether oxygens (including phenoxy) is 2. The third-order valence-electron chi connectivity index (χ3n) is 7.25. The number of para-hydroxylation sites is 1. The summed E-state index contributed by atoms with van der Waals surface area (Å²) < 4.78 is 39.9. The van der Waals surface area contributed by atoms with Gasteiger partial charge in [-0.3, -0.25) is 13.9 Å². The minimum Gasteiger partial charge on any atom is -0.493 e. The Hall–Kier alpha value is -4.05. The van der Waals surface area contributed by atoms with Gasteiger partial charge >= 0.3 is 0 Å². The summed E-state index contributed by atoms with van der Waals surface area (Å²) in [5.41, 5.74) is 2.15. The van der Waals surface area contributed by atoms with E-state index < -0.39 is 28.5 Å². The van der Waals surface area contributed by atoms with Crippen molar-refractivity contribution in [1.82, 2.24) is 10.2 Å². The quantitative estimate of drug-likeness (QED) is 0.283. The first-order chi connectivity index (χ1) is 20.1. The Balaban J connectivity index is 2.08. The lowest BCUT2D eigenvalue weighted by atomic mass is 10.1. The van der Waals surface area contributed by atoms with Crippen molar-refractivity contribution in [2.45, 2.75) is 64.1 Å². The number of hydrogen-bond acceptors (Lipinski definition) is 6. The summed E-state index contributed by atoms with van der Waals surface area (Å²) >= 11 is 0. The van der Waals surface area contributed by atoms with E-state index in [9.17, 15) is 18.0 Å². The minimum atomic E-state index is -4.25. The summed E-state index contributed by atoms with van der Waals surface area (Å²) in [4.78, 5) is 29.0. The molecule has 2 atom stereocenters. The predicted octanol–water partition coefficient (Wildman–Crippen LogP) is 4.93. The SMILES string of the molecule is CCC(C)NC(=O)C(CC)N(Cc1ccccc1C)C(=O)CN(c1ccccc1)S(=O)(=O)c1ccc(OC)c(OC)c1. The lowest BCUT2D eigenvalue weighted by molar-refractivity contribution is -0.140. The molecule has 0 fully saturated rings. The zero-order valence-electron chi connectivity index (χ0n) is 25.2. The summed E-state index contributed by atoms with van der Waals surface area (Å²) in [6.45, 7) is 7.30. The maximum absolute atomic E-state index is 14.2. The van der Waals surface area contributed by atoms with Gasteiger partial charge in [0, 0.05) is 18.7 Å². The van der Waals surface area contributed by atoms with E-state index in [-0.39, 0.29) is 29.1 Å². The van der Waals surface area contributed by atoms with E-state index in [1.807, 2.05) is 52.0 Å². The number of rotatable bonds is 14. The van der Waals surface area contributed by atoms with Crippen LogP contribution in [-0.4, -0.2) is 58.0 Å². The maximum Gasteiger partial charge on any atom is 0.264 e. The number of hydrogen-bond donors (Lipinski definition) is 1. The predicted molar refractivity (Wildman–Crippen MR) is 164 cm³/mol. The second kappa shape index (κ2) is 14.7. The molecule has 0 saturated carbocycles. The van der Waals surface area contributed by atoms with Gasteiger partial charge in [-0.1, -0.05) is 56.3 Å². The van der Waals surface area contributed by atoms with Gasteiger partial charge in [0.05, 0.1) is 24.8 Å². The number of amides is 2. The largest absolute Gasteiger partial charge is 0.493 e. The van der Waals surface area contributed by atoms with Crippen molar-refractivity contribution in [2.24, 2.45) is 0 Å². The van der Waals surface area contributed by atoms with Gasteiger partial charge < -0.3 is 19.7 Å². The Morgan fingerprint density at radius 2 is 1.52 bits per heavy atom. The lowest BCUT2D eigenvalue weighted by Crippen LogP contribution is -2.53. The molecule has 0 aliphatic rings. The molecule has 0 saturated heterocycles. The van der Waals surface area contributed by atoms with Gasteiger partial charge in [-0.25, -0.2) is 8.42 Å². The highest BCUT2D eigenvalue weighted by Crippen LogP contribution is 2.32. The topological polar surface area (TPSA) is 105 Å². The highest BCUT2D eigenvalue weighted by molar-refractivity contribution is 7.92. The molecule has 3 aromatic carbocycles. The molecule has 0 aliphatic heterocycles. The molecular weight excluding hydrogens is 554 g/mol. The molecule has 0 radical (unpaired) electrons. The number of carbonyl (C=O) groups excluding carboxylic acids is 2. The van der Waals surface area contributed by atoms with Crippen molar-refractivity contribution in [2.75, 3.05) is 25.1 Å². The van der Waals surface area contributed by atoms with Crippen molar-refractivity contribution in [3.8, 4) is 11.5 Å². The van der Waals surface area contributed by atoms with Crippen LogP contribution in [0.3, 0.4) is 0 Å². The van der Waals surface area contributed by atoms with Gasteiger partial charge in [-0.05, 0) is 62.1 Å². The van der Waals surface area contributed by atoms with Crippen molar-refractivity contribution in [3.05, 3.63) is 83.9 Å². The normalized spacial score (nSPS) is 12.6. The van der Waals surface area contributed by atoms with E-state index in [2.05, 4.69) is 5.32 Å². The fourth-order valence-corrected chi connectivity index (χ4v) is 5.99. The molecule has 3 aromatic rings. The molecule has 0 bridgehead atoms. The van der Waals surface area contributed by atoms with E-state index in [1.54, 1.807) is 30.3 Å². The highest BCUT2D eigenvalue weighted by Gasteiger charge is 2.34. The molecule has 3 rings (SSSR count). The number of aryl methyl sites for hydroxylation is 1. The van der Waals surface area contributed by atoms with E-state index in [4.69, 9.17) is 9.47 Å². The van der Waals surface area contributed by atoms with Crippen molar-refractivity contribution < 1.29 is 27.5 Å². The fourth-order valence-electron chi connectivity index (χ4n) is 4.56. The van der Waals surface area contributed by atoms with Crippen molar-refractivity contribution in [3.63, 3.8) is 0 Å². The molecule has 0 aromatic heterocycles. The Bertz CT molecular complexity index is 1460. The number of anilines is 1. The molecule has 2 amide bonds. The lowest BCUT2D eigenvalue weighted by Gasteiger charge is -2.34. The van der Waals surface area contributed by atoms with Crippen LogP contribution in [0.4, 0.5) is 5.69 Å². The molecule has 0 heterocycles. The van der Waals surface area contributed by atoms with Crippen LogP contribution in [0.2, 0.25) is 0 Å². The third kappa shape index (κ3) is 7.61. The van der Waals surface area contributed by atoms with Crippen LogP contribution in [0, 0.1) is 6.92 Å². The molecule has 1 N–H and O–H groups in total.